The van der Waals surface area contributed by atoms with E-state index in [9.17, 15) is 9.18 Å². The van der Waals surface area contributed by atoms with Crippen LogP contribution in [0.3, 0.4) is 0 Å². The number of amides is 1. The Bertz CT molecular complexity index is 510. The van der Waals surface area contributed by atoms with Crippen molar-refractivity contribution in [2.75, 3.05) is 26.2 Å². The summed E-state index contributed by atoms with van der Waals surface area (Å²) in [4.78, 5) is 10.5. The van der Waals surface area contributed by atoms with Gasteiger partial charge in [-0.2, -0.15) is 0 Å². The summed E-state index contributed by atoms with van der Waals surface area (Å²) >= 11 is 5.86. The first kappa shape index (κ1) is 17.0. The van der Waals surface area contributed by atoms with Crippen molar-refractivity contribution in [2.45, 2.75) is 18.9 Å². The molecule has 1 aromatic rings. The van der Waals surface area contributed by atoms with Crippen molar-refractivity contribution in [3.63, 3.8) is 0 Å². The molecule has 2 rings (SSSR count). The maximum atomic E-state index is 14.3. The number of halogens is 2. The molecule has 1 aliphatic heterocycles. The Hall–Kier alpha value is -1.37. The molecule has 0 saturated carbocycles. The first-order valence-electron chi connectivity index (χ1n) is 7.32. The second-order valence-electron chi connectivity index (χ2n) is 5.27. The molecule has 1 saturated heterocycles. The molecule has 1 aliphatic rings. The summed E-state index contributed by atoms with van der Waals surface area (Å²) in [7, 11) is 0. The fraction of sp³-hybridized carbons (Fsp3) is 0.533. The van der Waals surface area contributed by atoms with Gasteiger partial charge < -0.3 is 20.5 Å². The highest BCUT2D eigenvalue weighted by atomic mass is 35.5. The van der Waals surface area contributed by atoms with Crippen LogP contribution in [-0.4, -0.2) is 37.4 Å². The van der Waals surface area contributed by atoms with Crippen LogP contribution in [0, 0.1) is 11.7 Å². The average molecular weight is 331 g/mol. The minimum Gasteiger partial charge on any atom is -0.465 e. The van der Waals surface area contributed by atoms with Crippen molar-refractivity contribution >= 4 is 17.7 Å². The fourth-order valence-electron chi connectivity index (χ4n) is 2.70. The number of piperidine rings is 1. The van der Waals surface area contributed by atoms with Crippen molar-refractivity contribution in [2.24, 2.45) is 5.92 Å². The van der Waals surface area contributed by atoms with Gasteiger partial charge in [0.05, 0.1) is 17.7 Å². The normalized spacial score (nSPS) is 19.6. The molecule has 1 heterocycles. The first-order chi connectivity index (χ1) is 10.6. The highest BCUT2D eigenvalue weighted by Gasteiger charge is 2.28. The quantitative estimate of drug-likeness (QED) is 0.701. The first-order valence-corrected chi connectivity index (χ1v) is 7.70. The molecule has 122 valence electrons. The van der Waals surface area contributed by atoms with Crippen molar-refractivity contribution in [1.82, 2.24) is 10.6 Å². The molecule has 1 amide bonds. The summed E-state index contributed by atoms with van der Waals surface area (Å²) in [6.07, 6.45) is 0.381. The molecular weight excluding hydrogens is 311 g/mol. The minimum absolute atomic E-state index is 0.0681. The molecule has 0 spiro atoms. The highest BCUT2D eigenvalue weighted by Crippen LogP contribution is 2.34. The zero-order chi connectivity index (χ0) is 15.9. The van der Waals surface area contributed by atoms with Crippen molar-refractivity contribution in [3.05, 3.63) is 34.6 Å². The van der Waals surface area contributed by atoms with Gasteiger partial charge in [-0.15, -0.1) is 0 Å². The van der Waals surface area contributed by atoms with E-state index in [2.05, 4.69) is 10.6 Å². The molecule has 1 aromatic carbocycles. The molecule has 7 heteroatoms. The van der Waals surface area contributed by atoms with Gasteiger partial charge in [-0.1, -0.05) is 23.7 Å². The van der Waals surface area contributed by atoms with Crippen molar-refractivity contribution in [1.29, 1.82) is 0 Å². The molecule has 3 N–H and O–H groups in total. The van der Waals surface area contributed by atoms with Crippen LogP contribution in [0.2, 0.25) is 5.02 Å². The number of carboxylic acid groups (broad SMARTS) is 1. The topological polar surface area (TPSA) is 70.6 Å². The Balaban J connectivity index is 2.10. The summed E-state index contributed by atoms with van der Waals surface area (Å²) in [5.74, 6) is -0.336. The molecule has 0 aliphatic carbocycles. The van der Waals surface area contributed by atoms with E-state index >= 15 is 0 Å². The summed E-state index contributed by atoms with van der Waals surface area (Å²) in [6, 6.07) is 4.87. The van der Waals surface area contributed by atoms with Crippen LogP contribution in [0.25, 0.3) is 0 Å². The van der Waals surface area contributed by atoms with E-state index in [1.807, 2.05) is 0 Å². The molecule has 1 unspecified atom stereocenters. The number of benzene rings is 1. The summed E-state index contributed by atoms with van der Waals surface area (Å²) < 4.78 is 20.1. The van der Waals surface area contributed by atoms with E-state index in [1.165, 1.54) is 6.07 Å². The largest absolute Gasteiger partial charge is 0.465 e. The third-order valence-electron chi connectivity index (χ3n) is 3.73. The second kappa shape index (κ2) is 8.31. The Morgan fingerprint density at radius 2 is 2.41 bits per heavy atom. The number of hydrogen-bond acceptors (Lipinski definition) is 3. The van der Waals surface area contributed by atoms with Crippen LogP contribution in [0.4, 0.5) is 9.18 Å². The average Bonchev–Trinajstić information content (AvgIpc) is 2.51. The minimum atomic E-state index is -1.10. The molecule has 22 heavy (non-hydrogen) atoms. The van der Waals surface area contributed by atoms with Crippen LogP contribution in [-0.2, 0) is 4.74 Å². The number of hydrogen-bond donors (Lipinski definition) is 3. The number of carbonyl (C=O) groups is 1. The maximum absolute atomic E-state index is 14.3. The van der Waals surface area contributed by atoms with Crippen LogP contribution in [0.5, 0.6) is 0 Å². The van der Waals surface area contributed by atoms with Crippen molar-refractivity contribution < 1.29 is 19.0 Å². The van der Waals surface area contributed by atoms with E-state index in [-0.39, 0.29) is 24.1 Å². The molecular formula is C15H20ClFN2O3. The highest BCUT2D eigenvalue weighted by molar-refractivity contribution is 6.30. The molecule has 2 atom stereocenters. The second-order valence-corrected chi connectivity index (χ2v) is 5.68. The third-order valence-corrected chi connectivity index (χ3v) is 4.02. The zero-order valence-corrected chi connectivity index (χ0v) is 12.9. The predicted molar refractivity (Wildman–Crippen MR) is 81.7 cm³/mol. The zero-order valence-electron chi connectivity index (χ0n) is 12.1. The monoisotopic (exact) mass is 330 g/mol. The number of ether oxygens (including phenoxy) is 1. The summed E-state index contributed by atoms with van der Waals surface area (Å²) in [6.45, 7) is 2.03. The van der Waals surface area contributed by atoms with Crippen molar-refractivity contribution in [3.8, 4) is 0 Å². The SMILES string of the molecule is O=C(O)NCCOC(c1cccc(Cl)c1F)[C@@H]1CCCNC1. The standard InChI is InChI=1S/C15H20ClFN2O3/c16-12-5-1-4-11(13(12)17)14(10-3-2-6-18-9-10)22-8-7-19-15(20)21/h1,4-5,10,14,18-19H,2-3,6-9H2,(H,20,21)/t10-,14?/m1/s1. The number of nitrogens with one attached hydrogen (secondary N) is 2. The third kappa shape index (κ3) is 4.56. The Morgan fingerprint density at radius 3 is 3.09 bits per heavy atom. The van der Waals surface area contributed by atoms with E-state index < -0.39 is 18.0 Å². The van der Waals surface area contributed by atoms with Gasteiger partial charge >= 0.3 is 6.09 Å². The molecule has 5 nitrogen and oxygen atoms in total. The molecule has 0 radical (unpaired) electrons. The van der Waals surface area contributed by atoms with E-state index in [1.54, 1.807) is 12.1 Å². The van der Waals surface area contributed by atoms with E-state index in [4.69, 9.17) is 21.4 Å². The lowest BCUT2D eigenvalue weighted by atomic mass is 9.89. The fourth-order valence-corrected chi connectivity index (χ4v) is 2.88. The predicted octanol–water partition coefficient (Wildman–Crippen LogP) is 2.80. The van der Waals surface area contributed by atoms with E-state index in [0.29, 0.717) is 5.56 Å². The van der Waals surface area contributed by atoms with Gasteiger partial charge in [0, 0.05) is 24.6 Å². The van der Waals surface area contributed by atoms with Crippen LogP contribution in [0.15, 0.2) is 18.2 Å². The van der Waals surface area contributed by atoms with Crippen LogP contribution >= 0.6 is 11.6 Å². The van der Waals surface area contributed by atoms with Gasteiger partial charge in [-0.3, -0.25) is 0 Å². The number of rotatable bonds is 6. The lowest BCUT2D eigenvalue weighted by Gasteiger charge is -2.31. The summed E-state index contributed by atoms with van der Waals surface area (Å²) in [5, 5.41) is 14.2. The van der Waals surface area contributed by atoms with Gasteiger partial charge in [-0.25, -0.2) is 9.18 Å². The van der Waals surface area contributed by atoms with Gasteiger partial charge in [0.1, 0.15) is 5.82 Å². The molecule has 0 aromatic heterocycles. The van der Waals surface area contributed by atoms with Gasteiger partial charge in [0.25, 0.3) is 0 Å². The Labute approximate surface area is 133 Å². The Morgan fingerprint density at radius 1 is 1.59 bits per heavy atom. The summed E-state index contributed by atoms with van der Waals surface area (Å²) in [5.41, 5.74) is 0.427. The maximum Gasteiger partial charge on any atom is 0.404 e. The molecule has 1 fully saturated rings. The Kier molecular flexibility index (Phi) is 6.42. The van der Waals surface area contributed by atoms with Gasteiger partial charge in [0.2, 0.25) is 0 Å². The van der Waals surface area contributed by atoms with Gasteiger partial charge in [-0.05, 0) is 25.5 Å². The lowest BCUT2D eigenvalue weighted by molar-refractivity contribution is 0.00278. The lowest BCUT2D eigenvalue weighted by Crippen LogP contribution is -2.35. The van der Waals surface area contributed by atoms with E-state index in [0.717, 1.165) is 25.9 Å². The van der Waals surface area contributed by atoms with Gasteiger partial charge in [0.15, 0.2) is 0 Å². The van der Waals surface area contributed by atoms with Crippen LogP contribution < -0.4 is 10.6 Å². The molecule has 0 bridgehead atoms. The van der Waals surface area contributed by atoms with Crippen LogP contribution in [0.1, 0.15) is 24.5 Å². The smallest absolute Gasteiger partial charge is 0.404 e.